The van der Waals surface area contributed by atoms with Gasteiger partial charge in [0, 0.05) is 16.3 Å². The third-order valence-electron chi connectivity index (χ3n) is 2.55. The quantitative estimate of drug-likeness (QED) is 0.476. The van der Waals surface area contributed by atoms with Crippen LogP contribution in [0.1, 0.15) is 0 Å². The monoisotopic (exact) mass is 392 g/mol. The molecule has 0 bridgehead atoms. The van der Waals surface area contributed by atoms with Crippen LogP contribution >= 0.6 is 34.2 Å². The third kappa shape index (κ3) is 2.98. The molecule has 2 heterocycles. The van der Waals surface area contributed by atoms with Crippen molar-refractivity contribution in [3.8, 4) is 0 Å². The van der Waals surface area contributed by atoms with Gasteiger partial charge in [-0.25, -0.2) is 14.8 Å². The number of rotatable bonds is 4. The van der Waals surface area contributed by atoms with Crippen LogP contribution in [0.2, 0.25) is 5.15 Å². The van der Waals surface area contributed by atoms with Crippen LogP contribution in [0.5, 0.6) is 0 Å². The Morgan fingerprint density at radius 1 is 1.68 bits per heavy atom. The highest BCUT2D eigenvalue weighted by Gasteiger charge is 2.15. The van der Waals surface area contributed by atoms with Crippen LogP contribution in [0.15, 0.2) is 25.2 Å². The van der Waals surface area contributed by atoms with E-state index in [2.05, 4.69) is 44.5 Å². The molecule has 2 aromatic rings. The molecule has 0 aliphatic rings. The lowest BCUT2D eigenvalue weighted by Crippen LogP contribution is -2.35. The lowest BCUT2D eigenvalue weighted by atomic mass is 10.3. The smallest absolute Gasteiger partial charge is 0.405 e. The van der Waals surface area contributed by atoms with E-state index in [1.807, 2.05) is 10.8 Å². The molecule has 0 aliphatic carbocycles. The molecule has 0 aromatic carbocycles. The Balaban J connectivity index is 2.38. The summed E-state index contributed by atoms with van der Waals surface area (Å²) in [5.41, 5.74) is 0.670. The number of halogens is 2. The molecular formula is C11H10ClIN4O2. The van der Waals surface area contributed by atoms with E-state index in [1.165, 1.54) is 12.4 Å². The zero-order valence-corrected chi connectivity index (χ0v) is 12.6. The highest BCUT2D eigenvalue weighted by Crippen LogP contribution is 2.26. The molecule has 1 amide bonds. The van der Waals surface area contributed by atoms with Gasteiger partial charge in [-0.05, 0) is 22.6 Å². The predicted molar refractivity (Wildman–Crippen MR) is 80.4 cm³/mol. The average molecular weight is 393 g/mol. The number of carbonyl (C=O) groups is 1. The molecule has 2 rings (SSSR count). The third-order valence-corrected chi connectivity index (χ3v) is 3.65. The van der Waals surface area contributed by atoms with E-state index in [0.717, 1.165) is 8.96 Å². The average Bonchev–Trinajstić information content (AvgIpc) is 2.66. The molecule has 0 fully saturated rings. The van der Waals surface area contributed by atoms with E-state index in [-0.39, 0.29) is 0 Å². The number of aromatic nitrogens is 3. The topological polar surface area (TPSA) is 80.0 Å². The molecule has 0 aliphatic heterocycles. The first kappa shape index (κ1) is 14.1. The molecule has 2 aromatic heterocycles. The fourth-order valence-corrected chi connectivity index (χ4v) is 2.95. The van der Waals surface area contributed by atoms with E-state index >= 15 is 0 Å². The minimum Gasteiger partial charge on any atom is -0.465 e. The van der Waals surface area contributed by atoms with Crippen LogP contribution in [-0.4, -0.2) is 31.8 Å². The van der Waals surface area contributed by atoms with Crippen molar-refractivity contribution in [1.29, 1.82) is 0 Å². The summed E-state index contributed by atoms with van der Waals surface area (Å²) in [6.07, 6.45) is 3.68. The van der Waals surface area contributed by atoms with Crippen LogP contribution < -0.4 is 5.32 Å². The fraction of sp³-hybridized carbons (Fsp3) is 0.182. The molecule has 2 N–H and O–H groups in total. The second kappa shape index (κ2) is 5.74. The Kier molecular flexibility index (Phi) is 4.25. The summed E-state index contributed by atoms with van der Waals surface area (Å²) in [5, 5.41) is 12.3. The molecule has 0 unspecified atom stereocenters. The number of carboxylic acid groups (broad SMARTS) is 1. The van der Waals surface area contributed by atoms with Gasteiger partial charge in [-0.2, -0.15) is 0 Å². The van der Waals surface area contributed by atoms with Crippen LogP contribution in [0.4, 0.5) is 4.79 Å². The van der Waals surface area contributed by atoms with Crippen LogP contribution in [0.3, 0.4) is 0 Å². The van der Waals surface area contributed by atoms with E-state index in [9.17, 15) is 4.79 Å². The van der Waals surface area contributed by atoms with Gasteiger partial charge in [0.2, 0.25) is 0 Å². The largest absolute Gasteiger partial charge is 0.465 e. The van der Waals surface area contributed by atoms with Gasteiger partial charge < -0.3 is 15.0 Å². The first-order valence-electron chi connectivity index (χ1n) is 5.29. The molecule has 100 valence electrons. The highest BCUT2D eigenvalue weighted by atomic mass is 127. The van der Waals surface area contributed by atoms with Crippen LogP contribution in [-0.2, 0) is 6.54 Å². The summed E-state index contributed by atoms with van der Waals surface area (Å²) in [6.45, 7) is 4.01. The van der Waals surface area contributed by atoms with Crippen molar-refractivity contribution in [2.45, 2.75) is 12.6 Å². The fourth-order valence-electron chi connectivity index (χ4n) is 1.73. The molecule has 0 saturated heterocycles. The lowest BCUT2D eigenvalue weighted by Gasteiger charge is -2.13. The number of nitrogens with zero attached hydrogens (tertiary/aromatic N) is 3. The lowest BCUT2D eigenvalue weighted by molar-refractivity contribution is 0.191. The van der Waals surface area contributed by atoms with Crippen molar-refractivity contribution in [3.63, 3.8) is 0 Å². The minimum absolute atomic E-state index is 0.384. The van der Waals surface area contributed by atoms with E-state index in [1.54, 1.807) is 0 Å². The summed E-state index contributed by atoms with van der Waals surface area (Å²) >= 11 is 8.17. The first-order valence-corrected chi connectivity index (χ1v) is 6.75. The molecule has 19 heavy (non-hydrogen) atoms. The van der Waals surface area contributed by atoms with Gasteiger partial charge in [0.1, 0.15) is 17.1 Å². The summed E-state index contributed by atoms with van der Waals surface area (Å²) in [5.74, 6) is 0. The minimum atomic E-state index is -1.09. The Hall–Kier alpha value is -1.35. The number of nitrogens with one attached hydrogen (secondary N) is 1. The Bertz CT molecular complexity index is 643. The van der Waals surface area contributed by atoms with Gasteiger partial charge in [-0.3, -0.25) is 0 Å². The second-order valence-corrected chi connectivity index (χ2v) is 5.30. The zero-order valence-electron chi connectivity index (χ0n) is 9.68. The SMILES string of the molecule is C=C[C@H](Cn1cc(I)c2c(Cl)ncnc21)NC(=O)O. The van der Waals surface area contributed by atoms with Gasteiger partial charge in [-0.15, -0.1) is 6.58 Å². The van der Waals surface area contributed by atoms with Crippen molar-refractivity contribution >= 4 is 51.3 Å². The Morgan fingerprint density at radius 2 is 2.42 bits per heavy atom. The van der Waals surface area contributed by atoms with Gasteiger partial charge in [0.05, 0.1) is 11.4 Å². The standard InChI is InChI=1S/C11H10ClIN4O2/c1-2-6(16-11(18)19)3-17-4-7(13)8-9(12)14-5-15-10(8)17/h2,4-6,16H,1,3H2,(H,18,19)/t6-/m1/s1. The normalized spacial score (nSPS) is 12.3. The Morgan fingerprint density at radius 3 is 3.05 bits per heavy atom. The molecular weight excluding hydrogens is 383 g/mol. The van der Waals surface area contributed by atoms with E-state index < -0.39 is 12.1 Å². The molecule has 0 spiro atoms. The summed E-state index contributed by atoms with van der Waals surface area (Å²) in [6, 6.07) is -0.405. The van der Waals surface area contributed by atoms with Gasteiger partial charge in [0.15, 0.2) is 0 Å². The first-order chi connectivity index (χ1) is 9.02. The van der Waals surface area contributed by atoms with E-state index in [0.29, 0.717) is 17.3 Å². The van der Waals surface area contributed by atoms with Crippen molar-refractivity contribution in [1.82, 2.24) is 19.9 Å². The van der Waals surface area contributed by atoms with Crippen molar-refractivity contribution in [2.75, 3.05) is 0 Å². The molecule has 8 heteroatoms. The van der Waals surface area contributed by atoms with Gasteiger partial charge >= 0.3 is 6.09 Å². The van der Waals surface area contributed by atoms with Crippen molar-refractivity contribution in [3.05, 3.63) is 33.9 Å². The van der Waals surface area contributed by atoms with Crippen LogP contribution in [0, 0.1) is 3.57 Å². The summed E-state index contributed by atoms with van der Waals surface area (Å²) in [7, 11) is 0. The summed E-state index contributed by atoms with van der Waals surface area (Å²) in [4.78, 5) is 18.8. The maximum Gasteiger partial charge on any atom is 0.405 e. The van der Waals surface area contributed by atoms with Crippen molar-refractivity contribution < 1.29 is 9.90 Å². The molecule has 0 saturated carbocycles. The van der Waals surface area contributed by atoms with Gasteiger partial charge in [0.25, 0.3) is 0 Å². The molecule has 6 nitrogen and oxygen atoms in total. The van der Waals surface area contributed by atoms with Gasteiger partial charge in [-0.1, -0.05) is 17.7 Å². The van der Waals surface area contributed by atoms with Crippen LogP contribution in [0.25, 0.3) is 11.0 Å². The number of hydrogen-bond donors (Lipinski definition) is 2. The van der Waals surface area contributed by atoms with Crippen molar-refractivity contribution in [2.24, 2.45) is 0 Å². The number of fused-ring (bicyclic) bond motifs is 1. The molecule has 1 atom stereocenters. The maximum absolute atomic E-state index is 10.7. The number of amides is 1. The van der Waals surface area contributed by atoms with E-state index in [4.69, 9.17) is 16.7 Å². The highest BCUT2D eigenvalue weighted by molar-refractivity contribution is 14.1. The molecule has 0 radical (unpaired) electrons. The predicted octanol–water partition coefficient (Wildman–Crippen LogP) is 2.51. The maximum atomic E-state index is 10.7. The Labute approximate surface area is 127 Å². The second-order valence-electron chi connectivity index (χ2n) is 3.78. The zero-order chi connectivity index (χ0) is 14.0. The summed E-state index contributed by atoms with van der Waals surface area (Å²) < 4.78 is 2.74. The number of hydrogen-bond acceptors (Lipinski definition) is 3.